The lowest BCUT2D eigenvalue weighted by molar-refractivity contribution is -0.0954. The molecule has 1 unspecified atom stereocenters. The Morgan fingerprint density at radius 1 is 1.17 bits per heavy atom. The van der Waals surface area contributed by atoms with Gasteiger partial charge in [0.15, 0.2) is 0 Å². The molecule has 1 heterocycles. The Labute approximate surface area is 149 Å². The zero-order valence-corrected chi connectivity index (χ0v) is 17.3. The number of aliphatic hydroxyl groups is 1. The number of rotatable bonds is 8. The zero-order valence-electron chi connectivity index (χ0n) is 15.3. The number of furan rings is 1. The lowest BCUT2D eigenvalue weighted by Crippen LogP contribution is -2.37. The van der Waals surface area contributed by atoms with E-state index in [1.54, 1.807) is 0 Å². The van der Waals surface area contributed by atoms with Crippen LogP contribution in [0, 0.1) is 19.3 Å². The highest BCUT2D eigenvalue weighted by atomic mass is 28.2. The van der Waals surface area contributed by atoms with Crippen molar-refractivity contribution < 1.29 is 18.4 Å². The fourth-order valence-electron chi connectivity index (χ4n) is 2.91. The first kappa shape index (κ1) is 19.4. The highest BCUT2D eigenvalue weighted by molar-refractivity contribution is 6.26. The third-order valence-corrected chi connectivity index (χ3v) is 5.30. The van der Waals surface area contributed by atoms with Gasteiger partial charge in [-0.2, -0.15) is 0 Å². The van der Waals surface area contributed by atoms with E-state index in [-0.39, 0.29) is 11.7 Å². The molecule has 0 aliphatic carbocycles. The zero-order chi connectivity index (χ0) is 17.9. The predicted molar refractivity (Wildman–Crippen MR) is 98.2 cm³/mol. The van der Waals surface area contributed by atoms with E-state index < -0.39 is 6.10 Å². The predicted octanol–water partition coefficient (Wildman–Crippen LogP) is 4.19. The van der Waals surface area contributed by atoms with Gasteiger partial charge in [-0.1, -0.05) is 32.0 Å². The Balaban J connectivity index is 2.28. The van der Waals surface area contributed by atoms with E-state index in [0.717, 1.165) is 27.9 Å². The number of aryl methyl sites for hydroxylation is 2. The first-order valence-electron chi connectivity index (χ1n) is 8.13. The molecule has 6 heteroatoms. The monoisotopic (exact) mass is 362 g/mol. The summed E-state index contributed by atoms with van der Waals surface area (Å²) in [5.41, 5.74) is 2.42. The molecular formula is C18H26O4Si2. The lowest BCUT2D eigenvalue weighted by atomic mass is 9.84. The number of fused-ring (bicyclic) bond motifs is 1. The summed E-state index contributed by atoms with van der Waals surface area (Å²) in [6.07, 6.45) is -0.424. The number of benzene rings is 1. The minimum atomic E-state index is -0.635. The molecule has 1 aromatic carbocycles. The van der Waals surface area contributed by atoms with Gasteiger partial charge in [-0.15, -0.1) is 0 Å². The number of hydrogen-bond acceptors (Lipinski definition) is 4. The summed E-state index contributed by atoms with van der Waals surface area (Å²) in [7, 11) is 0.700. The quantitative estimate of drug-likeness (QED) is 0.565. The van der Waals surface area contributed by atoms with Crippen LogP contribution >= 0.6 is 0 Å². The van der Waals surface area contributed by atoms with E-state index in [1.165, 1.54) is 0 Å². The Bertz CT molecular complexity index is 675. The van der Waals surface area contributed by atoms with Gasteiger partial charge in [0.05, 0.1) is 6.10 Å². The van der Waals surface area contributed by atoms with Crippen molar-refractivity contribution in [2.45, 2.75) is 59.6 Å². The molecule has 1 aromatic heterocycles. The Morgan fingerprint density at radius 2 is 1.79 bits per heavy atom. The maximum absolute atomic E-state index is 10.9. The van der Waals surface area contributed by atoms with Crippen molar-refractivity contribution in [2.75, 3.05) is 0 Å². The third kappa shape index (κ3) is 4.00. The molecule has 2 rings (SSSR count). The summed E-state index contributed by atoms with van der Waals surface area (Å²) < 4.78 is 17.4. The minimum absolute atomic E-state index is 0.315. The number of aliphatic hydroxyl groups excluding tert-OH is 1. The summed E-state index contributed by atoms with van der Waals surface area (Å²) in [6.45, 7) is 12.1. The van der Waals surface area contributed by atoms with Crippen molar-refractivity contribution in [1.29, 1.82) is 0 Å². The van der Waals surface area contributed by atoms with Crippen LogP contribution in [0.5, 0.6) is 0 Å². The van der Waals surface area contributed by atoms with Crippen LogP contribution in [0.2, 0.25) is 13.1 Å². The van der Waals surface area contributed by atoms with Crippen molar-refractivity contribution in [1.82, 2.24) is 0 Å². The average Bonchev–Trinajstić information content (AvgIpc) is 2.81. The molecule has 2 aromatic rings. The van der Waals surface area contributed by atoms with Crippen LogP contribution < -0.4 is 0 Å². The van der Waals surface area contributed by atoms with Gasteiger partial charge < -0.3 is 18.4 Å². The second-order valence-electron chi connectivity index (χ2n) is 6.69. The molecule has 0 bridgehead atoms. The smallest absolute Gasteiger partial charge is 0.229 e. The summed E-state index contributed by atoms with van der Waals surface area (Å²) in [4.78, 5) is 0. The Hall–Kier alpha value is -0.926. The van der Waals surface area contributed by atoms with Crippen LogP contribution in [0.25, 0.3) is 11.0 Å². The molecule has 1 atom stereocenters. The normalized spacial score (nSPS) is 13.8. The molecule has 1 N–H and O–H groups in total. The first-order chi connectivity index (χ1) is 11.3. The number of hydrogen-bond donors (Lipinski definition) is 1. The summed E-state index contributed by atoms with van der Waals surface area (Å²) in [6, 6.07) is 5.94. The van der Waals surface area contributed by atoms with Gasteiger partial charge in [-0.05, 0) is 38.9 Å². The van der Waals surface area contributed by atoms with Gasteiger partial charge in [0, 0.05) is 16.4 Å². The van der Waals surface area contributed by atoms with E-state index in [0.29, 0.717) is 25.9 Å². The van der Waals surface area contributed by atoms with E-state index in [9.17, 15) is 5.11 Å². The summed E-state index contributed by atoms with van der Waals surface area (Å²) in [5, 5.41) is 11.9. The van der Waals surface area contributed by atoms with E-state index in [1.807, 2.05) is 45.1 Å². The SMILES string of the molecule is C[Si]OC(O[Si]C)C(C)(C)CC(O)c1cccc2c(C)c(C)oc12. The second-order valence-corrected chi connectivity index (χ2v) is 7.98. The van der Waals surface area contributed by atoms with E-state index in [4.69, 9.17) is 13.3 Å². The third-order valence-electron chi connectivity index (χ3n) is 4.40. The maximum atomic E-state index is 10.9. The van der Waals surface area contributed by atoms with Gasteiger partial charge in [0.25, 0.3) is 0 Å². The molecule has 0 aliphatic rings. The fourth-order valence-corrected chi connectivity index (χ4v) is 4.17. The topological polar surface area (TPSA) is 51.8 Å². The molecule has 0 fully saturated rings. The second kappa shape index (κ2) is 7.97. The molecule has 0 spiro atoms. The minimum Gasteiger partial charge on any atom is -0.461 e. The van der Waals surface area contributed by atoms with Gasteiger partial charge >= 0.3 is 0 Å². The average molecular weight is 363 g/mol. The van der Waals surface area contributed by atoms with Crippen LogP contribution in [-0.4, -0.2) is 30.9 Å². The van der Waals surface area contributed by atoms with Gasteiger partial charge in [0.2, 0.25) is 19.5 Å². The van der Waals surface area contributed by atoms with Crippen LogP contribution in [0.1, 0.15) is 43.3 Å². The van der Waals surface area contributed by atoms with Crippen LogP contribution in [0.3, 0.4) is 0 Å². The fraction of sp³-hybridized carbons (Fsp3) is 0.556. The van der Waals surface area contributed by atoms with Crippen molar-refractivity contribution in [2.24, 2.45) is 5.41 Å². The largest absolute Gasteiger partial charge is 0.461 e. The van der Waals surface area contributed by atoms with Crippen LogP contribution in [0.15, 0.2) is 22.6 Å². The maximum Gasteiger partial charge on any atom is 0.229 e. The summed E-state index contributed by atoms with van der Waals surface area (Å²) in [5.74, 6) is 0.896. The van der Waals surface area contributed by atoms with Gasteiger partial charge in [-0.3, -0.25) is 0 Å². The molecule has 0 amide bonds. The molecule has 4 radical (unpaired) electrons. The molecule has 130 valence electrons. The lowest BCUT2D eigenvalue weighted by Gasteiger charge is -2.35. The van der Waals surface area contributed by atoms with E-state index in [2.05, 4.69) is 13.8 Å². The number of para-hydroxylation sites is 1. The van der Waals surface area contributed by atoms with Gasteiger partial charge in [-0.25, -0.2) is 0 Å². The first-order valence-corrected chi connectivity index (χ1v) is 10.9. The highest BCUT2D eigenvalue weighted by Gasteiger charge is 2.34. The van der Waals surface area contributed by atoms with Crippen molar-refractivity contribution in [3.63, 3.8) is 0 Å². The molecule has 0 saturated heterocycles. The van der Waals surface area contributed by atoms with Crippen molar-refractivity contribution in [3.8, 4) is 0 Å². The molecule has 0 aliphatic heterocycles. The van der Waals surface area contributed by atoms with E-state index >= 15 is 0 Å². The van der Waals surface area contributed by atoms with Crippen molar-refractivity contribution in [3.05, 3.63) is 35.1 Å². The molecule has 0 saturated carbocycles. The Morgan fingerprint density at radius 3 is 2.38 bits per heavy atom. The summed E-state index contributed by atoms with van der Waals surface area (Å²) >= 11 is 0. The van der Waals surface area contributed by atoms with Gasteiger partial charge in [0.1, 0.15) is 17.6 Å². The standard InChI is InChI=1S/C18H26O4Si2/c1-11-12(2)20-16-13(11)8-7-9-14(16)15(19)10-18(3,4)17(21-23-5)22-24-6/h7-9,15,17,19H,10H2,1-6H3. The molecule has 24 heavy (non-hydrogen) atoms. The van der Waals surface area contributed by atoms with Crippen LogP contribution in [0.4, 0.5) is 0 Å². The Kier molecular flexibility index (Phi) is 6.44. The van der Waals surface area contributed by atoms with Crippen LogP contribution in [-0.2, 0) is 8.85 Å². The molecular weight excluding hydrogens is 336 g/mol. The molecule has 4 nitrogen and oxygen atoms in total. The van der Waals surface area contributed by atoms with Crippen molar-refractivity contribution >= 4 is 30.5 Å². The highest BCUT2D eigenvalue weighted by Crippen LogP contribution is 2.38.